The zero-order valence-corrected chi connectivity index (χ0v) is 34.8. The molecule has 9 atom stereocenters. The van der Waals surface area contributed by atoms with Gasteiger partial charge in [-0.1, -0.05) is 57.4 Å². The summed E-state index contributed by atoms with van der Waals surface area (Å²) in [5.74, 6) is 5.48. The lowest BCUT2D eigenvalue weighted by Crippen LogP contribution is -2.64. The van der Waals surface area contributed by atoms with Gasteiger partial charge in [-0.15, -0.1) is 0 Å². The summed E-state index contributed by atoms with van der Waals surface area (Å²) in [6.45, 7) is 17.2. The van der Waals surface area contributed by atoms with Crippen LogP contribution in [0.2, 0.25) is 0 Å². The number of aromatic nitrogens is 2. The molecular formula is C45H68N4O4S. The second-order valence-electron chi connectivity index (χ2n) is 19.6. The molecule has 54 heavy (non-hydrogen) atoms. The molecule has 9 unspecified atom stereocenters. The minimum Gasteiger partial charge on any atom is -0.616 e. The predicted molar refractivity (Wildman–Crippen MR) is 215 cm³/mol. The van der Waals surface area contributed by atoms with E-state index in [-0.39, 0.29) is 18.0 Å². The second-order valence-corrected chi connectivity index (χ2v) is 21.3. The molecule has 0 amide bonds. The molecule has 0 aromatic carbocycles. The first-order valence-corrected chi connectivity index (χ1v) is 23.2. The number of esters is 1. The van der Waals surface area contributed by atoms with Crippen LogP contribution >= 0.6 is 0 Å². The van der Waals surface area contributed by atoms with Crippen molar-refractivity contribution in [3.63, 3.8) is 0 Å². The number of rotatable bonds is 10. The first-order valence-electron chi connectivity index (χ1n) is 21.7. The van der Waals surface area contributed by atoms with Gasteiger partial charge >= 0.3 is 12.0 Å². The maximum absolute atomic E-state index is 13.4. The number of nitrogens with zero attached hydrogens (tertiary/aromatic N) is 3. The monoisotopic (exact) mass is 760 g/mol. The summed E-state index contributed by atoms with van der Waals surface area (Å²) < 4.78 is 23.5. The van der Waals surface area contributed by atoms with Gasteiger partial charge in [0.1, 0.15) is 23.5 Å². The van der Waals surface area contributed by atoms with Gasteiger partial charge < -0.3 is 19.3 Å². The molecule has 0 radical (unpaired) electrons. The Bertz CT molecular complexity index is 1580. The fourth-order valence-corrected chi connectivity index (χ4v) is 15.5. The highest BCUT2D eigenvalue weighted by Crippen LogP contribution is 2.72. The molecule has 5 fully saturated rings. The number of fused-ring (bicyclic) bond motifs is 7. The lowest BCUT2D eigenvalue weighted by atomic mass is 9.37. The van der Waals surface area contributed by atoms with Gasteiger partial charge in [0.15, 0.2) is 0 Å². The molecule has 9 heteroatoms. The molecule has 8 rings (SSSR count). The van der Waals surface area contributed by atoms with Crippen molar-refractivity contribution >= 4 is 17.1 Å². The van der Waals surface area contributed by atoms with Crippen molar-refractivity contribution < 1.29 is 18.8 Å². The largest absolute Gasteiger partial charge is 0.616 e. The SMILES string of the molecule is CCOC(=O)C1(COc2ncccn2)CC=C(C2=CCC3(C)C(CCC4(C)C5CCC6(NCCN7CC[S+]([O-])CC7)CCCC6C5CCC43)C2(C)C)CC1. The first-order chi connectivity index (χ1) is 25.9. The fraction of sp³-hybridized carbons (Fsp3) is 0.800. The third-order valence-corrected chi connectivity index (χ3v) is 18.2. The van der Waals surface area contributed by atoms with Gasteiger partial charge in [-0.25, -0.2) is 9.97 Å². The minimum atomic E-state index is -0.722. The molecular weight excluding hydrogens is 693 g/mol. The van der Waals surface area contributed by atoms with Crippen molar-refractivity contribution in [1.82, 2.24) is 20.2 Å². The average molecular weight is 761 g/mol. The van der Waals surface area contributed by atoms with E-state index in [9.17, 15) is 9.35 Å². The number of carbonyl (C=O) groups is 1. The van der Waals surface area contributed by atoms with Crippen LogP contribution in [0, 0.1) is 51.2 Å². The maximum atomic E-state index is 13.4. The zero-order chi connectivity index (χ0) is 37.8. The molecule has 4 saturated carbocycles. The second kappa shape index (κ2) is 15.1. The predicted octanol–water partition coefficient (Wildman–Crippen LogP) is 7.92. The van der Waals surface area contributed by atoms with Crippen LogP contribution < -0.4 is 10.1 Å². The van der Waals surface area contributed by atoms with Crippen molar-refractivity contribution in [1.29, 1.82) is 0 Å². The molecule has 6 aliphatic carbocycles. The van der Waals surface area contributed by atoms with Crippen molar-refractivity contribution in [2.24, 2.45) is 51.2 Å². The number of ether oxygens (including phenoxy) is 2. The Morgan fingerprint density at radius 2 is 1.72 bits per heavy atom. The first kappa shape index (κ1) is 38.9. The lowest BCUT2D eigenvalue weighted by Gasteiger charge is -2.68. The lowest BCUT2D eigenvalue weighted by molar-refractivity contribution is -0.175. The number of allylic oxidation sites excluding steroid dienone is 4. The number of hydrogen-bond acceptors (Lipinski definition) is 8. The van der Waals surface area contributed by atoms with Gasteiger partial charge in [-0.3, -0.25) is 9.69 Å². The van der Waals surface area contributed by atoms with Crippen LogP contribution in [0.15, 0.2) is 41.8 Å². The van der Waals surface area contributed by atoms with E-state index in [2.05, 4.69) is 60.0 Å². The Balaban J connectivity index is 0.966. The Kier molecular flexibility index (Phi) is 10.9. The van der Waals surface area contributed by atoms with E-state index in [0.717, 1.165) is 67.8 Å². The van der Waals surface area contributed by atoms with Crippen LogP contribution in [0.1, 0.15) is 118 Å². The van der Waals surface area contributed by atoms with E-state index in [1.54, 1.807) is 18.5 Å². The highest BCUT2D eigenvalue weighted by Gasteiger charge is 2.65. The molecule has 1 aromatic heterocycles. The molecule has 8 nitrogen and oxygen atoms in total. The van der Waals surface area contributed by atoms with Crippen LogP contribution in [-0.2, 0) is 20.7 Å². The van der Waals surface area contributed by atoms with E-state index < -0.39 is 16.6 Å². The van der Waals surface area contributed by atoms with Gasteiger partial charge in [-0.05, 0) is 147 Å². The van der Waals surface area contributed by atoms with Crippen molar-refractivity contribution in [2.45, 2.75) is 124 Å². The average Bonchev–Trinajstić information content (AvgIpc) is 3.60. The zero-order valence-electron chi connectivity index (χ0n) is 34.0. The molecule has 0 bridgehead atoms. The molecule has 298 valence electrons. The van der Waals surface area contributed by atoms with E-state index in [1.807, 2.05) is 6.92 Å². The summed E-state index contributed by atoms with van der Waals surface area (Å²) in [6, 6.07) is 2.08. The molecule has 1 aliphatic heterocycles. The Morgan fingerprint density at radius 3 is 2.46 bits per heavy atom. The highest BCUT2D eigenvalue weighted by molar-refractivity contribution is 7.91. The van der Waals surface area contributed by atoms with Crippen molar-refractivity contribution in [3.05, 3.63) is 41.8 Å². The van der Waals surface area contributed by atoms with E-state index in [0.29, 0.717) is 47.7 Å². The number of nitrogens with one attached hydrogen (secondary N) is 1. The fourth-order valence-electron chi connectivity index (χ4n) is 14.4. The smallest absolute Gasteiger partial charge is 0.316 e. The van der Waals surface area contributed by atoms with Crippen LogP contribution in [0.25, 0.3) is 0 Å². The summed E-state index contributed by atoms with van der Waals surface area (Å²) in [5.41, 5.74) is 3.38. The third kappa shape index (κ3) is 6.70. The van der Waals surface area contributed by atoms with Gasteiger partial charge in [-0.2, -0.15) is 0 Å². The van der Waals surface area contributed by atoms with Crippen LogP contribution in [0.3, 0.4) is 0 Å². The molecule has 1 aromatic rings. The molecule has 1 N–H and O–H groups in total. The van der Waals surface area contributed by atoms with Gasteiger partial charge in [0.2, 0.25) is 0 Å². The highest BCUT2D eigenvalue weighted by atomic mass is 32.2. The Labute approximate surface area is 328 Å². The van der Waals surface area contributed by atoms with E-state index in [1.165, 1.54) is 75.4 Å². The summed E-state index contributed by atoms with van der Waals surface area (Å²) >= 11 is -0.602. The van der Waals surface area contributed by atoms with E-state index in [4.69, 9.17) is 9.47 Å². The summed E-state index contributed by atoms with van der Waals surface area (Å²) in [5, 5.41) is 4.24. The molecule has 2 heterocycles. The van der Waals surface area contributed by atoms with Crippen molar-refractivity contribution in [3.8, 4) is 6.01 Å². The Hall–Kier alpha value is -1.94. The maximum Gasteiger partial charge on any atom is 0.316 e. The minimum absolute atomic E-state index is 0.0792. The topological polar surface area (TPSA) is 99.6 Å². The molecule has 0 spiro atoms. The van der Waals surface area contributed by atoms with E-state index >= 15 is 0 Å². The molecule has 7 aliphatic rings. The Morgan fingerprint density at radius 1 is 0.926 bits per heavy atom. The van der Waals surface area contributed by atoms with Crippen molar-refractivity contribution in [2.75, 3.05) is 50.9 Å². The number of hydrogen-bond donors (Lipinski definition) is 1. The van der Waals surface area contributed by atoms with Gasteiger partial charge in [0.05, 0.1) is 6.61 Å². The van der Waals surface area contributed by atoms with Crippen LogP contribution in [0.4, 0.5) is 0 Å². The third-order valence-electron chi connectivity index (χ3n) is 17.0. The standard InChI is InChI=1S/C45H68N4O4S/c1-6-52-39(50)44(31-53-40-46-23-8-24-47-40)20-12-32(13-21-44)34-14-18-43(5)37(41(34,2)3)16-19-42(4)35-15-22-45(48-25-26-49-27-29-54(51)30-28-49)17-7-9-36(45)33(35)10-11-38(42)43/h8,12,14,23-24,33,35-38,48H,6-7,9-11,13,15-22,25-31H2,1-5H3. The van der Waals surface area contributed by atoms with Gasteiger partial charge in [0.25, 0.3) is 0 Å². The molecule has 1 saturated heterocycles. The van der Waals surface area contributed by atoms with Crippen LogP contribution in [0.5, 0.6) is 6.01 Å². The summed E-state index contributed by atoms with van der Waals surface area (Å²) in [7, 11) is 0. The quantitative estimate of drug-likeness (QED) is 0.190. The normalized spacial score (nSPS) is 40.7. The number of carbonyl (C=O) groups excluding carboxylic acids is 1. The van der Waals surface area contributed by atoms with Crippen LogP contribution in [-0.4, -0.2) is 81.8 Å². The summed E-state index contributed by atoms with van der Waals surface area (Å²) in [4.78, 5) is 24.4. The van der Waals surface area contributed by atoms with Gasteiger partial charge in [0, 0.05) is 44.1 Å². The summed E-state index contributed by atoms with van der Waals surface area (Å²) in [6.07, 6.45) is 24.1.